The molecule has 0 spiro atoms. The molecule has 0 bridgehead atoms. The van der Waals surface area contributed by atoms with Gasteiger partial charge in [0.05, 0.1) is 0 Å². The number of aryl methyl sites for hydroxylation is 1. The van der Waals surface area contributed by atoms with Crippen LogP contribution in [0, 0.1) is 13.8 Å². The molecule has 0 radical (unpaired) electrons. The van der Waals surface area contributed by atoms with Gasteiger partial charge in [-0.2, -0.15) is 16.3 Å². The molecule has 0 amide bonds. The molecule has 3 N–H and O–H groups in total. The highest BCUT2D eigenvalue weighted by Gasteiger charge is 2.24. The Labute approximate surface area is 124 Å². The number of sulfonamides is 1. The second-order valence-electron chi connectivity index (χ2n) is 4.56. The lowest BCUT2D eigenvalue weighted by Gasteiger charge is -1.97. The smallest absolute Gasteiger partial charge is 0.274 e. The van der Waals surface area contributed by atoms with Crippen LogP contribution in [0.1, 0.15) is 11.3 Å². The Morgan fingerprint density at radius 3 is 2.71 bits per heavy atom. The van der Waals surface area contributed by atoms with Gasteiger partial charge in [0.25, 0.3) is 5.89 Å². The van der Waals surface area contributed by atoms with Crippen molar-refractivity contribution in [1.29, 1.82) is 0 Å². The maximum atomic E-state index is 11.6. The average molecular weight is 324 g/mol. The third-order valence-electron chi connectivity index (χ3n) is 3.07. The summed E-state index contributed by atoms with van der Waals surface area (Å²) in [5.41, 5.74) is 2.23. The number of aromatic nitrogens is 3. The van der Waals surface area contributed by atoms with E-state index >= 15 is 0 Å². The monoisotopic (exact) mass is 324 g/mol. The third kappa shape index (κ3) is 2.39. The number of nitrogens with two attached hydrogens (primary N) is 1. The van der Waals surface area contributed by atoms with Crippen LogP contribution in [0.4, 0.5) is 0 Å². The molecule has 0 aliphatic rings. The molecule has 7 nitrogen and oxygen atoms in total. The second kappa shape index (κ2) is 4.79. The molecule has 0 saturated carbocycles. The van der Waals surface area contributed by atoms with Crippen molar-refractivity contribution >= 4 is 21.4 Å². The van der Waals surface area contributed by atoms with E-state index in [-0.39, 0.29) is 10.8 Å². The molecule has 0 unspecified atom stereocenters. The van der Waals surface area contributed by atoms with Crippen LogP contribution >= 0.6 is 11.3 Å². The van der Waals surface area contributed by atoms with E-state index in [9.17, 15) is 8.42 Å². The predicted molar refractivity (Wildman–Crippen MR) is 78.2 cm³/mol. The van der Waals surface area contributed by atoms with Gasteiger partial charge in [0.2, 0.25) is 15.8 Å². The summed E-state index contributed by atoms with van der Waals surface area (Å²) in [7, 11) is -3.81. The third-order valence-corrected chi connectivity index (χ3v) is 4.94. The fraction of sp³-hybridized carbons (Fsp3) is 0.167. The van der Waals surface area contributed by atoms with Gasteiger partial charge in [0.15, 0.2) is 0 Å². The fourth-order valence-electron chi connectivity index (χ4n) is 2.21. The second-order valence-corrected chi connectivity index (χ2v) is 6.84. The summed E-state index contributed by atoms with van der Waals surface area (Å²) < 4.78 is 28.4. The zero-order valence-electron chi connectivity index (χ0n) is 11.2. The Bertz CT molecular complexity index is 891. The number of H-pyrrole nitrogens is 1. The van der Waals surface area contributed by atoms with Crippen molar-refractivity contribution in [3.63, 3.8) is 0 Å². The maximum absolute atomic E-state index is 11.6. The largest absolute Gasteiger partial charge is 0.353 e. The number of nitrogens with zero attached hydrogens (tertiary/aromatic N) is 2. The molecule has 3 aromatic heterocycles. The SMILES string of the molecule is Cc1[nH]c(-c2nc(-c3ccsc3)no2)c(C)c1S(N)(=O)=O. The number of thiophene rings is 1. The van der Waals surface area contributed by atoms with Gasteiger partial charge >= 0.3 is 0 Å². The minimum atomic E-state index is -3.81. The summed E-state index contributed by atoms with van der Waals surface area (Å²) in [6.07, 6.45) is 0. The first-order valence-corrected chi connectivity index (χ1v) is 8.45. The van der Waals surface area contributed by atoms with E-state index in [1.54, 1.807) is 13.8 Å². The molecule has 0 aromatic carbocycles. The number of aromatic amines is 1. The summed E-state index contributed by atoms with van der Waals surface area (Å²) in [6, 6.07) is 1.88. The standard InChI is InChI=1S/C12H12N4O3S2/c1-6-9(14-7(2)10(6)21(13,17)18)12-15-11(16-19-12)8-3-4-20-5-8/h3-5,14H,1-2H3,(H2,13,17,18). The van der Waals surface area contributed by atoms with Crippen LogP contribution in [-0.2, 0) is 10.0 Å². The van der Waals surface area contributed by atoms with Crippen LogP contribution in [0.15, 0.2) is 26.2 Å². The lowest BCUT2D eigenvalue weighted by Crippen LogP contribution is -2.13. The van der Waals surface area contributed by atoms with Crippen LogP contribution in [0.3, 0.4) is 0 Å². The van der Waals surface area contributed by atoms with Crippen LogP contribution in [-0.4, -0.2) is 23.5 Å². The fourth-order valence-corrected chi connectivity index (χ4v) is 3.85. The highest BCUT2D eigenvalue weighted by Crippen LogP contribution is 2.30. The Kier molecular flexibility index (Phi) is 3.19. The van der Waals surface area contributed by atoms with E-state index < -0.39 is 10.0 Å². The number of nitrogens with one attached hydrogen (secondary N) is 1. The molecule has 110 valence electrons. The summed E-state index contributed by atoms with van der Waals surface area (Å²) >= 11 is 1.53. The number of rotatable bonds is 3. The van der Waals surface area contributed by atoms with Gasteiger partial charge in [-0.05, 0) is 30.9 Å². The van der Waals surface area contributed by atoms with Crippen LogP contribution < -0.4 is 5.14 Å². The van der Waals surface area contributed by atoms with Gasteiger partial charge in [0, 0.05) is 16.6 Å². The Balaban J connectivity index is 2.11. The van der Waals surface area contributed by atoms with Gasteiger partial charge in [-0.15, -0.1) is 0 Å². The molecule has 0 saturated heterocycles. The van der Waals surface area contributed by atoms with Crippen LogP contribution in [0.2, 0.25) is 0 Å². The molecular weight excluding hydrogens is 312 g/mol. The van der Waals surface area contributed by atoms with Crippen molar-refractivity contribution in [1.82, 2.24) is 15.1 Å². The zero-order valence-corrected chi connectivity index (χ0v) is 12.9. The quantitative estimate of drug-likeness (QED) is 0.765. The molecule has 3 rings (SSSR count). The van der Waals surface area contributed by atoms with Crippen molar-refractivity contribution < 1.29 is 12.9 Å². The molecule has 0 atom stereocenters. The summed E-state index contributed by atoms with van der Waals surface area (Å²) in [5, 5.41) is 12.9. The lowest BCUT2D eigenvalue weighted by molar-refractivity contribution is 0.431. The Morgan fingerprint density at radius 2 is 2.14 bits per heavy atom. The Morgan fingerprint density at radius 1 is 1.38 bits per heavy atom. The molecule has 0 fully saturated rings. The highest BCUT2D eigenvalue weighted by atomic mass is 32.2. The molecule has 0 aliphatic heterocycles. The van der Waals surface area contributed by atoms with E-state index in [4.69, 9.17) is 9.66 Å². The number of hydrogen-bond donors (Lipinski definition) is 2. The van der Waals surface area contributed by atoms with Crippen molar-refractivity contribution in [2.45, 2.75) is 18.7 Å². The first-order valence-electron chi connectivity index (χ1n) is 5.96. The summed E-state index contributed by atoms with van der Waals surface area (Å²) in [6.45, 7) is 3.28. The molecule has 9 heteroatoms. The summed E-state index contributed by atoms with van der Waals surface area (Å²) in [4.78, 5) is 7.29. The Hall–Kier alpha value is -1.97. The van der Waals surface area contributed by atoms with Crippen LogP contribution in [0.5, 0.6) is 0 Å². The van der Waals surface area contributed by atoms with Crippen molar-refractivity contribution in [3.8, 4) is 23.0 Å². The first kappa shape index (κ1) is 14.0. The van der Waals surface area contributed by atoms with Crippen molar-refractivity contribution in [2.75, 3.05) is 0 Å². The van der Waals surface area contributed by atoms with Gasteiger partial charge in [-0.1, -0.05) is 5.16 Å². The van der Waals surface area contributed by atoms with E-state index in [0.717, 1.165) is 5.56 Å². The van der Waals surface area contributed by atoms with E-state index in [1.807, 2.05) is 16.8 Å². The normalized spacial score (nSPS) is 12.0. The topological polar surface area (TPSA) is 115 Å². The van der Waals surface area contributed by atoms with Gasteiger partial charge in [-0.25, -0.2) is 13.6 Å². The molecule has 21 heavy (non-hydrogen) atoms. The van der Waals surface area contributed by atoms with Gasteiger partial charge in [-0.3, -0.25) is 0 Å². The minimum Gasteiger partial charge on any atom is -0.353 e. The predicted octanol–water partition coefficient (Wildman–Crippen LogP) is 2.06. The number of hydrogen-bond acceptors (Lipinski definition) is 6. The summed E-state index contributed by atoms with van der Waals surface area (Å²) in [5.74, 6) is 0.682. The lowest BCUT2D eigenvalue weighted by atomic mass is 10.2. The average Bonchev–Trinajstić information content (AvgIpc) is 3.06. The molecule has 3 heterocycles. The van der Waals surface area contributed by atoms with Gasteiger partial charge < -0.3 is 9.51 Å². The zero-order chi connectivity index (χ0) is 15.2. The van der Waals surface area contributed by atoms with Crippen molar-refractivity contribution in [2.24, 2.45) is 5.14 Å². The molecule has 3 aromatic rings. The van der Waals surface area contributed by atoms with Crippen molar-refractivity contribution in [3.05, 3.63) is 28.1 Å². The van der Waals surface area contributed by atoms with Gasteiger partial charge in [0.1, 0.15) is 10.6 Å². The molecular formula is C12H12N4O3S2. The van der Waals surface area contributed by atoms with E-state index in [1.165, 1.54) is 11.3 Å². The molecule has 0 aliphatic carbocycles. The van der Waals surface area contributed by atoms with E-state index in [2.05, 4.69) is 15.1 Å². The van der Waals surface area contributed by atoms with Crippen LogP contribution in [0.25, 0.3) is 23.0 Å². The minimum absolute atomic E-state index is 0.0628. The number of primary sulfonamides is 1. The maximum Gasteiger partial charge on any atom is 0.274 e. The van der Waals surface area contributed by atoms with E-state index in [0.29, 0.717) is 22.8 Å². The first-order chi connectivity index (χ1) is 9.88. The highest BCUT2D eigenvalue weighted by molar-refractivity contribution is 7.89.